The molecule has 132 valence electrons. The van der Waals surface area contributed by atoms with Crippen molar-refractivity contribution in [2.24, 2.45) is 18.9 Å². The standard InChI is InChI=1S/C17H25N3O4/c1-11(2)8-12(6-7-21)10-18-16(22)19-13-4-5-14-15(9-13)24-17(23)20(14)3/h4-5,9,11-12,21H,6-8,10H2,1-3H3,(H2,18,19,22). The lowest BCUT2D eigenvalue weighted by Gasteiger charge is -2.18. The van der Waals surface area contributed by atoms with Crippen LogP contribution in [0.5, 0.6) is 0 Å². The van der Waals surface area contributed by atoms with Crippen molar-refractivity contribution >= 4 is 22.8 Å². The molecule has 0 saturated heterocycles. The van der Waals surface area contributed by atoms with Gasteiger partial charge in [-0.15, -0.1) is 0 Å². The molecule has 0 aliphatic carbocycles. The van der Waals surface area contributed by atoms with Crippen LogP contribution < -0.4 is 16.4 Å². The van der Waals surface area contributed by atoms with Gasteiger partial charge in [-0.3, -0.25) is 4.57 Å². The number of nitrogens with one attached hydrogen (secondary N) is 2. The maximum absolute atomic E-state index is 12.0. The monoisotopic (exact) mass is 335 g/mol. The van der Waals surface area contributed by atoms with Gasteiger partial charge in [-0.05, 0) is 36.8 Å². The minimum Gasteiger partial charge on any atom is -0.408 e. The molecule has 1 heterocycles. The van der Waals surface area contributed by atoms with E-state index in [4.69, 9.17) is 9.52 Å². The van der Waals surface area contributed by atoms with Crippen molar-refractivity contribution in [1.82, 2.24) is 9.88 Å². The number of nitrogens with zero attached hydrogens (tertiary/aromatic N) is 1. The van der Waals surface area contributed by atoms with Crippen LogP contribution in [0.2, 0.25) is 0 Å². The molecule has 0 spiro atoms. The zero-order chi connectivity index (χ0) is 17.7. The number of hydrogen-bond donors (Lipinski definition) is 3. The number of rotatable bonds is 7. The van der Waals surface area contributed by atoms with E-state index >= 15 is 0 Å². The lowest BCUT2D eigenvalue weighted by molar-refractivity contribution is 0.231. The molecule has 0 aliphatic rings. The number of benzene rings is 1. The molecule has 7 nitrogen and oxygen atoms in total. The zero-order valence-corrected chi connectivity index (χ0v) is 14.3. The van der Waals surface area contributed by atoms with Crippen LogP contribution in [0.15, 0.2) is 27.4 Å². The third-order valence-electron chi connectivity index (χ3n) is 3.94. The summed E-state index contributed by atoms with van der Waals surface area (Å²) in [5, 5.41) is 14.7. The molecule has 1 aromatic carbocycles. The lowest BCUT2D eigenvalue weighted by atomic mass is 9.94. The molecule has 2 aromatic rings. The van der Waals surface area contributed by atoms with E-state index in [0.717, 1.165) is 6.42 Å². The third-order valence-corrected chi connectivity index (χ3v) is 3.94. The summed E-state index contributed by atoms with van der Waals surface area (Å²) >= 11 is 0. The summed E-state index contributed by atoms with van der Waals surface area (Å²) in [6, 6.07) is 4.74. The Labute approximate surface area is 140 Å². The SMILES string of the molecule is CC(C)CC(CCO)CNC(=O)Nc1ccc2c(c1)oc(=O)n2C. The number of aliphatic hydroxyl groups is 1. The first kappa shape index (κ1) is 18.1. The average Bonchev–Trinajstić information content (AvgIpc) is 2.79. The van der Waals surface area contributed by atoms with Crippen LogP contribution in [0.3, 0.4) is 0 Å². The quantitative estimate of drug-likeness (QED) is 0.723. The van der Waals surface area contributed by atoms with Gasteiger partial charge < -0.3 is 20.2 Å². The van der Waals surface area contributed by atoms with Crippen LogP contribution in [-0.2, 0) is 7.05 Å². The van der Waals surface area contributed by atoms with Gasteiger partial charge in [0.05, 0.1) is 5.52 Å². The molecule has 0 fully saturated rings. The van der Waals surface area contributed by atoms with Gasteiger partial charge in [0, 0.05) is 32.0 Å². The molecule has 0 radical (unpaired) electrons. The van der Waals surface area contributed by atoms with E-state index < -0.39 is 5.76 Å². The molecule has 3 N–H and O–H groups in total. The Balaban J connectivity index is 1.95. The summed E-state index contributed by atoms with van der Waals surface area (Å²) in [7, 11) is 1.63. The van der Waals surface area contributed by atoms with Crippen molar-refractivity contribution in [1.29, 1.82) is 0 Å². The number of urea groups is 1. The first-order chi connectivity index (χ1) is 11.4. The Morgan fingerprint density at radius 1 is 1.38 bits per heavy atom. The topological polar surface area (TPSA) is 96.5 Å². The second kappa shape index (κ2) is 8.01. The van der Waals surface area contributed by atoms with E-state index in [-0.39, 0.29) is 18.6 Å². The Kier molecular flexibility index (Phi) is 6.03. The molecular formula is C17H25N3O4. The Hall–Kier alpha value is -2.28. The molecule has 2 rings (SSSR count). The van der Waals surface area contributed by atoms with E-state index in [1.165, 1.54) is 4.57 Å². The van der Waals surface area contributed by atoms with Crippen LogP contribution in [0.4, 0.5) is 10.5 Å². The smallest absolute Gasteiger partial charge is 0.408 e. The largest absolute Gasteiger partial charge is 0.419 e. The predicted molar refractivity (Wildman–Crippen MR) is 93.1 cm³/mol. The van der Waals surface area contributed by atoms with Crippen molar-refractivity contribution in [2.45, 2.75) is 26.7 Å². The number of fused-ring (bicyclic) bond motifs is 1. The van der Waals surface area contributed by atoms with Crippen molar-refractivity contribution in [2.75, 3.05) is 18.5 Å². The number of hydrogen-bond acceptors (Lipinski definition) is 4. The van der Waals surface area contributed by atoms with E-state index in [1.54, 1.807) is 25.2 Å². The van der Waals surface area contributed by atoms with E-state index in [0.29, 0.717) is 35.7 Å². The van der Waals surface area contributed by atoms with Gasteiger partial charge in [0.1, 0.15) is 0 Å². The van der Waals surface area contributed by atoms with Gasteiger partial charge in [0.2, 0.25) is 0 Å². The highest BCUT2D eigenvalue weighted by Crippen LogP contribution is 2.18. The molecule has 0 aliphatic heterocycles. The molecule has 0 saturated carbocycles. The molecule has 2 amide bonds. The van der Waals surface area contributed by atoms with Gasteiger partial charge in [-0.2, -0.15) is 0 Å². The highest BCUT2D eigenvalue weighted by molar-refractivity contribution is 5.91. The first-order valence-corrected chi connectivity index (χ1v) is 8.16. The lowest BCUT2D eigenvalue weighted by Crippen LogP contribution is -2.33. The van der Waals surface area contributed by atoms with Gasteiger partial charge in [0.25, 0.3) is 0 Å². The fourth-order valence-electron chi connectivity index (χ4n) is 2.78. The minimum absolute atomic E-state index is 0.115. The van der Waals surface area contributed by atoms with Crippen LogP contribution >= 0.6 is 0 Å². The maximum Gasteiger partial charge on any atom is 0.419 e. The predicted octanol–water partition coefficient (Wildman–Crippen LogP) is 2.30. The van der Waals surface area contributed by atoms with Crippen molar-refractivity contribution < 1.29 is 14.3 Å². The molecule has 1 aromatic heterocycles. The second-order valence-electron chi connectivity index (χ2n) is 6.45. The van der Waals surface area contributed by atoms with E-state index in [1.807, 2.05) is 0 Å². The van der Waals surface area contributed by atoms with Crippen LogP contribution in [-0.4, -0.2) is 28.9 Å². The van der Waals surface area contributed by atoms with Gasteiger partial charge >= 0.3 is 11.8 Å². The minimum atomic E-state index is -0.438. The van der Waals surface area contributed by atoms with Crippen molar-refractivity contribution in [3.8, 4) is 0 Å². The number of carbonyl (C=O) groups is 1. The number of anilines is 1. The number of amides is 2. The molecule has 24 heavy (non-hydrogen) atoms. The normalized spacial score (nSPS) is 12.5. The summed E-state index contributed by atoms with van der Waals surface area (Å²) in [6.07, 6.45) is 1.61. The summed E-state index contributed by atoms with van der Waals surface area (Å²) in [5.74, 6) is 0.317. The summed E-state index contributed by atoms with van der Waals surface area (Å²) in [5.41, 5.74) is 1.65. The number of aliphatic hydroxyl groups excluding tert-OH is 1. The van der Waals surface area contributed by atoms with Crippen LogP contribution in [0.25, 0.3) is 11.1 Å². The number of oxazole rings is 1. The molecule has 1 atom stereocenters. The first-order valence-electron chi connectivity index (χ1n) is 8.16. The van der Waals surface area contributed by atoms with Gasteiger partial charge in [-0.1, -0.05) is 13.8 Å². The maximum atomic E-state index is 12.0. The van der Waals surface area contributed by atoms with E-state index in [9.17, 15) is 9.59 Å². The molecule has 7 heteroatoms. The van der Waals surface area contributed by atoms with Crippen molar-refractivity contribution in [3.63, 3.8) is 0 Å². The van der Waals surface area contributed by atoms with E-state index in [2.05, 4.69) is 24.5 Å². The van der Waals surface area contributed by atoms with Gasteiger partial charge in [0.15, 0.2) is 5.58 Å². The van der Waals surface area contributed by atoms with Crippen LogP contribution in [0.1, 0.15) is 26.7 Å². The number of aromatic nitrogens is 1. The summed E-state index contributed by atoms with van der Waals surface area (Å²) < 4.78 is 6.51. The number of carbonyl (C=O) groups excluding carboxylic acids is 1. The van der Waals surface area contributed by atoms with Crippen LogP contribution in [0, 0.1) is 11.8 Å². The molecule has 1 unspecified atom stereocenters. The highest BCUT2D eigenvalue weighted by atomic mass is 16.4. The Bertz CT molecular complexity index is 748. The molecular weight excluding hydrogens is 310 g/mol. The highest BCUT2D eigenvalue weighted by Gasteiger charge is 2.13. The average molecular weight is 335 g/mol. The summed E-state index contributed by atoms with van der Waals surface area (Å²) in [6.45, 7) is 4.86. The Morgan fingerprint density at radius 2 is 2.12 bits per heavy atom. The fourth-order valence-corrected chi connectivity index (χ4v) is 2.78. The zero-order valence-electron chi connectivity index (χ0n) is 14.3. The fraction of sp³-hybridized carbons (Fsp3) is 0.529. The van der Waals surface area contributed by atoms with Crippen molar-refractivity contribution in [3.05, 3.63) is 28.7 Å². The second-order valence-corrected chi connectivity index (χ2v) is 6.45. The van der Waals surface area contributed by atoms with Gasteiger partial charge in [-0.25, -0.2) is 9.59 Å². The number of aryl methyl sites for hydroxylation is 1. The summed E-state index contributed by atoms with van der Waals surface area (Å²) in [4.78, 5) is 23.5. The third kappa shape index (κ3) is 4.61. The molecule has 0 bridgehead atoms. The Morgan fingerprint density at radius 3 is 2.79 bits per heavy atom.